The van der Waals surface area contributed by atoms with Gasteiger partial charge in [0.15, 0.2) is 0 Å². The summed E-state index contributed by atoms with van der Waals surface area (Å²) in [6, 6.07) is 10.1. The molecular formula is C20H23N5O. The van der Waals surface area contributed by atoms with Crippen molar-refractivity contribution in [1.82, 2.24) is 19.6 Å². The minimum absolute atomic E-state index is 0.0173. The number of aromatic nitrogens is 4. The molecule has 0 aliphatic carbocycles. The zero-order chi connectivity index (χ0) is 18.4. The average Bonchev–Trinajstić information content (AvgIpc) is 3.16. The number of nitrogens with zero attached hydrogens (tertiary/aromatic N) is 4. The first-order valence-electron chi connectivity index (χ1n) is 8.91. The Hall–Kier alpha value is -2.89. The van der Waals surface area contributed by atoms with Crippen molar-refractivity contribution in [1.29, 1.82) is 0 Å². The molecule has 3 aromatic rings. The lowest BCUT2D eigenvalue weighted by molar-refractivity contribution is -0.116. The molecule has 0 bridgehead atoms. The number of nitrogens with one attached hydrogen (secondary N) is 1. The van der Waals surface area contributed by atoms with E-state index >= 15 is 0 Å². The summed E-state index contributed by atoms with van der Waals surface area (Å²) in [5.74, 6) is 1.05. The number of carbonyl (C=O) groups excluding carboxylic acids is 1. The molecule has 1 aromatic carbocycles. The van der Waals surface area contributed by atoms with Crippen LogP contribution in [0.15, 0.2) is 36.5 Å². The Labute approximate surface area is 152 Å². The van der Waals surface area contributed by atoms with Gasteiger partial charge in [-0.15, -0.1) is 0 Å². The molecule has 1 unspecified atom stereocenters. The van der Waals surface area contributed by atoms with Crippen LogP contribution in [-0.2, 0) is 18.9 Å². The molecule has 4 rings (SSSR count). The second-order valence-corrected chi connectivity index (χ2v) is 7.20. The van der Waals surface area contributed by atoms with Crippen LogP contribution >= 0.6 is 0 Å². The van der Waals surface area contributed by atoms with Crippen molar-refractivity contribution in [3.8, 4) is 11.3 Å². The number of fused-ring (bicyclic) bond motifs is 1. The molecule has 6 heteroatoms. The van der Waals surface area contributed by atoms with Crippen LogP contribution in [0.3, 0.4) is 0 Å². The Balaban J connectivity index is 1.92. The topological polar surface area (TPSA) is 64.7 Å². The Morgan fingerprint density at radius 1 is 1.15 bits per heavy atom. The lowest BCUT2D eigenvalue weighted by Crippen LogP contribution is -2.25. The number of anilines is 1. The largest absolute Gasteiger partial charge is 0.311 e. The summed E-state index contributed by atoms with van der Waals surface area (Å²) in [6.07, 6.45) is 2.44. The lowest BCUT2D eigenvalue weighted by atomic mass is 9.83. The average molecular weight is 349 g/mol. The molecule has 1 aliphatic heterocycles. The summed E-state index contributed by atoms with van der Waals surface area (Å²) in [5, 5.41) is 12.4. The first-order valence-corrected chi connectivity index (χ1v) is 8.91. The molecule has 0 radical (unpaired) electrons. The van der Waals surface area contributed by atoms with Gasteiger partial charge in [-0.2, -0.15) is 10.2 Å². The van der Waals surface area contributed by atoms with Gasteiger partial charge in [-0.1, -0.05) is 44.2 Å². The minimum atomic E-state index is -0.0474. The SMILES string of the molecule is CC(C)c1nn(C)c2c1C(c1cn(C)nc1-c1ccccc1)CC(=O)N2. The molecule has 1 atom stereocenters. The van der Waals surface area contributed by atoms with Crippen LogP contribution in [0, 0.1) is 0 Å². The highest BCUT2D eigenvalue weighted by Gasteiger charge is 2.35. The van der Waals surface area contributed by atoms with Gasteiger partial charge in [-0.25, -0.2) is 0 Å². The van der Waals surface area contributed by atoms with Crippen LogP contribution in [0.5, 0.6) is 0 Å². The fourth-order valence-corrected chi connectivity index (χ4v) is 3.80. The van der Waals surface area contributed by atoms with Gasteiger partial charge in [0.1, 0.15) is 5.82 Å². The van der Waals surface area contributed by atoms with Crippen LogP contribution in [0.1, 0.15) is 48.9 Å². The lowest BCUT2D eigenvalue weighted by Gasteiger charge is -2.24. The summed E-state index contributed by atoms with van der Waals surface area (Å²) >= 11 is 0. The maximum Gasteiger partial charge on any atom is 0.226 e. The predicted molar refractivity (Wildman–Crippen MR) is 101 cm³/mol. The Morgan fingerprint density at radius 2 is 1.88 bits per heavy atom. The zero-order valence-electron chi connectivity index (χ0n) is 15.5. The van der Waals surface area contributed by atoms with E-state index in [1.807, 2.05) is 43.2 Å². The van der Waals surface area contributed by atoms with Crippen molar-refractivity contribution in [3.63, 3.8) is 0 Å². The van der Waals surface area contributed by atoms with Crippen LogP contribution < -0.4 is 5.32 Å². The van der Waals surface area contributed by atoms with Crippen molar-refractivity contribution < 1.29 is 4.79 Å². The van der Waals surface area contributed by atoms with Crippen LogP contribution in [0.4, 0.5) is 5.82 Å². The van der Waals surface area contributed by atoms with Gasteiger partial charge in [-0.3, -0.25) is 14.2 Å². The van der Waals surface area contributed by atoms with E-state index in [0.29, 0.717) is 6.42 Å². The van der Waals surface area contributed by atoms with Gasteiger partial charge < -0.3 is 5.32 Å². The van der Waals surface area contributed by atoms with Gasteiger partial charge in [0.05, 0.1) is 11.4 Å². The highest BCUT2D eigenvalue weighted by Crippen LogP contribution is 2.43. The van der Waals surface area contributed by atoms with Gasteiger partial charge in [0, 0.05) is 49.3 Å². The molecule has 2 aromatic heterocycles. The maximum atomic E-state index is 12.4. The molecule has 1 amide bonds. The van der Waals surface area contributed by atoms with Crippen molar-refractivity contribution in [2.75, 3.05) is 5.32 Å². The molecule has 0 fully saturated rings. The van der Waals surface area contributed by atoms with Gasteiger partial charge in [0.25, 0.3) is 0 Å². The molecule has 0 spiro atoms. The highest BCUT2D eigenvalue weighted by molar-refractivity contribution is 5.95. The fourth-order valence-electron chi connectivity index (χ4n) is 3.80. The van der Waals surface area contributed by atoms with Gasteiger partial charge >= 0.3 is 0 Å². The number of rotatable bonds is 3. The van der Waals surface area contributed by atoms with Crippen LogP contribution in [-0.4, -0.2) is 25.5 Å². The number of carbonyl (C=O) groups is 1. The molecule has 1 N–H and O–H groups in total. The van der Waals surface area contributed by atoms with E-state index in [-0.39, 0.29) is 17.7 Å². The number of benzene rings is 1. The molecular weight excluding hydrogens is 326 g/mol. The van der Waals surface area contributed by atoms with Gasteiger partial charge in [-0.05, 0) is 5.92 Å². The van der Waals surface area contributed by atoms with E-state index in [1.165, 1.54) is 0 Å². The summed E-state index contributed by atoms with van der Waals surface area (Å²) < 4.78 is 3.61. The number of hydrogen-bond donors (Lipinski definition) is 1. The van der Waals surface area contributed by atoms with Crippen LogP contribution in [0.2, 0.25) is 0 Å². The second-order valence-electron chi connectivity index (χ2n) is 7.20. The third-order valence-electron chi connectivity index (χ3n) is 4.93. The predicted octanol–water partition coefficient (Wildman–Crippen LogP) is 3.42. The van der Waals surface area contributed by atoms with E-state index in [1.54, 1.807) is 4.68 Å². The van der Waals surface area contributed by atoms with Crippen molar-refractivity contribution in [3.05, 3.63) is 53.3 Å². The second kappa shape index (κ2) is 6.12. The van der Waals surface area contributed by atoms with Crippen molar-refractivity contribution >= 4 is 11.7 Å². The van der Waals surface area contributed by atoms with Gasteiger partial charge in [0.2, 0.25) is 5.91 Å². The zero-order valence-corrected chi connectivity index (χ0v) is 15.5. The highest BCUT2D eigenvalue weighted by atomic mass is 16.1. The molecule has 26 heavy (non-hydrogen) atoms. The summed E-state index contributed by atoms with van der Waals surface area (Å²) in [7, 11) is 3.81. The Morgan fingerprint density at radius 3 is 2.58 bits per heavy atom. The normalized spacial score (nSPS) is 16.7. The fraction of sp³-hybridized carbons (Fsp3) is 0.350. The number of aryl methyl sites for hydroxylation is 2. The Bertz CT molecular complexity index is 968. The van der Waals surface area contributed by atoms with E-state index in [2.05, 4.69) is 36.4 Å². The molecule has 0 saturated carbocycles. The minimum Gasteiger partial charge on any atom is -0.311 e. The van der Waals surface area contributed by atoms with E-state index in [9.17, 15) is 4.79 Å². The van der Waals surface area contributed by atoms with E-state index < -0.39 is 0 Å². The molecule has 134 valence electrons. The maximum absolute atomic E-state index is 12.4. The van der Waals surface area contributed by atoms with Crippen molar-refractivity contribution in [2.45, 2.75) is 32.1 Å². The molecule has 6 nitrogen and oxygen atoms in total. The van der Waals surface area contributed by atoms with E-state index in [4.69, 9.17) is 5.10 Å². The van der Waals surface area contributed by atoms with Crippen LogP contribution in [0.25, 0.3) is 11.3 Å². The first-order chi connectivity index (χ1) is 12.5. The Kier molecular flexibility index (Phi) is 3.90. The standard InChI is InChI=1S/C20H23N5O/c1-12(2)18-17-14(10-16(26)21-20(17)25(4)23-18)15-11-24(3)22-19(15)13-8-6-5-7-9-13/h5-9,11-12,14H,10H2,1-4H3,(H,21,26). The quantitative estimate of drug-likeness (QED) is 0.788. The molecule has 3 heterocycles. The summed E-state index contributed by atoms with van der Waals surface area (Å²) in [6.45, 7) is 4.27. The number of amides is 1. The number of hydrogen-bond acceptors (Lipinski definition) is 3. The van der Waals surface area contributed by atoms with E-state index in [0.717, 1.165) is 33.9 Å². The third-order valence-corrected chi connectivity index (χ3v) is 4.93. The summed E-state index contributed by atoms with van der Waals surface area (Å²) in [4.78, 5) is 12.4. The first kappa shape index (κ1) is 16.6. The third kappa shape index (κ3) is 2.62. The molecule has 1 aliphatic rings. The summed E-state index contributed by atoms with van der Waals surface area (Å²) in [5.41, 5.74) is 5.22. The van der Waals surface area contributed by atoms with Crippen molar-refractivity contribution in [2.24, 2.45) is 14.1 Å². The molecule has 0 saturated heterocycles. The smallest absolute Gasteiger partial charge is 0.226 e. The monoisotopic (exact) mass is 349 g/mol.